The van der Waals surface area contributed by atoms with E-state index in [0.717, 1.165) is 12.7 Å². The Bertz CT molecular complexity index is 561. The van der Waals surface area contributed by atoms with E-state index in [2.05, 4.69) is 92.5 Å². The molecule has 0 saturated heterocycles. The molecule has 5 heteroatoms. The van der Waals surface area contributed by atoms with Crippen LogP contribution in [0.3, 0.4) is 0 Å². The third-order valence-electron chi connectivity index (χ3n) is 5.44. The summed E-state index contributed by atoms with van der Waals surface area (Å²) in [4.78, 5) is 10.5. The van der Waals surface area contributed by atoms with Gasteiger partial charge in [-0.2, -0.15) is 0 Å². The molecule has 0 aromatic carbocycles. The molecule has 0 aliphatic carbocycles. The summed E-state index contributed by atoms with van der Waals surface area (Å²) in [6, 6.07) is 0. The second-order valence-corrected chi connectivity index (χ2v) is 19.8. The highest BCUT2D eigenvalue weighted by atomic mass is 28.4. The van der Waals surface area contributed by atoms with E-state index in [1.807, 2.05) is 6.08 Å². The molecule has 0 N–H and O–H groups in total. The van der Waals surface area contributed by atoms with E-state index in [4.69, 9.17) is 8.85 Å². The zero-order valence-corrected chi connectivity index (χ0v) is 22.1. The Hall–Kier alpha value is -0.756. The van der Waals surface area contributed by atoms with Crippen LogP contribution in [0.5, 0.6) is 0 Å². The maximum atomic E-state index is 10.5. The summed E-state index contributed by atoms with van der Waals surface area (Å²) in [5.74, 6) is 0. The Morgan fingerprint density at radius 1 is 0.893 bits per heavy atom. The Morgan fingerprint density at radius 2 is 1.46 bits per heavy atom. The fourth-order valence-corrected chi connectivity index (χ4v) is 5.24. The van der Waals surface area contributed by atoms with Gasteiger partial charge in [0.05, 0.1) is 12.2 Å². The molecule has 0 heterocycles. The monoisotopic (exact) mass is 424 g/mol. The van der Waals surface area contributed by atoms with Gasteiger partial charge in [0, 0.05) is 5.41 Å². The van der Waals surface area contributed by atoms with Crippen molar-refractivity contribution in [1.82, 2.24) is 0 Å². The van der Waals surface area contributed by atoms with E-state index < -0.39 is 16.6 Å². The number of rotatable bonds is 11. The lowest BCUT2D eigenvalue weighted by atomic mass is 9.79. The smallest absolute Gasteiger partial charge is 0.192 e. The number of carbonyl (C=O) groups excluding carboxylic acids is 1. The van der Waals surface area contributed by atoms with Crippen molar-refractivity contribution in [3.63, 3.8) is 0 Å². The van der Waals surface area contributed by atoms with E-state index in [0.29, 0.717) is 0 Å². The molecule has 0 spiro atoms. The molecular formula is C23H44O3Si2. The number of hydrogen-bond donors (Lipinski definition) is 0. The van der Waals surface area contributed by atoms with E-state index >= 15 is 0 Å². The normalized spacial score (nSPS) is 17.0. The summed E-state index contributed by atoms with van der Waals surface area (Å²) in [5.41, 5.74) is -0.193. The van der Waals surface area contributed by atoms with Crippen molar-refractivity contribution < 1.29 is 13.6 Å². The molecule has 0 aliphatic rings. The van der Waals surface area contributed by atoms with Crippen LogP contribution in [-0.4, -0.2) is 35.1 Å². The lowest BCUT2D eigenvalue weighted by molar-refractivity contribution is -0.104. The quantitative estimate of drug-likeness (QED) is 0.119. The van der Waals surface area contributed by atoms with Crippen LogP contribution in [0.15, 0.2) is 36.5 Å². The van der Waals surface area contributed by atoms with Crippen molar-refractivity contribution >= 4 is 22.9 Å². The molecule has 0 aromatic heterocycles. The molecule has 0 rings (SSSR count). The van der Waals surface area contributed by atoms with Crippen molar-refractivity contribution in [3.8, 4) is 0 Å². The zero-order valence-electron chi connectivity index (χ0n) is 20.1. The van der Waals surface area contributed by atoms with Crippen LogP contribution < -0.4 is 0 Å². The Kier molecular flexibility index (Phi) is 10.6. The fourth-order valence-electron chi connectivity index (χ4n) is 2.61. The standard InChI is InChI=1S/C23H44O3Si2/c1-12-17-20(26-28(10,11)22(2,3)4)23(5,6)21(25-27(7,8)9)18-15-13-14-16-19-24/h12-17,19-21H,18H2,1-11H3/b15-13-,16-14+,17-12+/t20-,21-/m0/s1. The topological polar surface area (TPSA) is 35.5 Å². The minimum absolute atomic E-state index is 0.0151. The van der Waals surface area contributed by atoms with Crippen molar-refractivity contribution in [2.24, 2.45) is 5.41 Å². The fraction of sp³-hybridized carbons (Fsp3) is 0.696. The van der Waals surface area contributed by atoms with Gasteiger partial charge >= 0.3 is 0 Å². The van der Waals surface area contributed by atoms with Crippen LogP contribution in [0, 0.1) is 5.41 Å². The second-order valence-electron chi connectivity index (χ2n) is 10.5. The average molecular weight is 425 g/mol. The van der Waals surface area contributed by atoms with Crippen LogP contribution in [0.2, 0.25) is 37.8 Å². The molecule has 3 nitrogen and oxygen atoms in total. The molecule has 2 atom stereocenters. The number of aldehydes is 1. The lowest BCUT2D eigenvalue weighted by Gasteiger charge is -2.47. The van der Waals surface area contributed by atoms with Gasteiger partial charge in [-0.1, -0.05) is 65.0 Å². The Labute approximate surface area is 176 Å². The molecule has 0 aliphatic heterocycles. The Balaban J connectivity index is 5.82. The van der Waals surface area contributed by atoms with Gasteiger partial charge in [-0.15, -0.1) is 0 Å². The molecule has 0 aromatic rings. The van der Waals surface area contributed by atoms with Crippen molar-refractivity contribution in [2.45, 2.75) is 97.9 Å². The highest BCUT2D eigenvalue weighted by Gasteiger charge is 2.45. The van der Waals surface area contributed by atoms with Crippen LogP contribution in [-0.2, 0) is 13.6 Å². The average Bonchev–Trinajstić information content (AvgIpc) is 2.50. The van der Waals surface area contributed by atoms with Gasteiger partial charge in [-0.05, 0) is 57.2 Å². The first-order valence-corrected chi connectivity index (χ1v) is 16.7. The predicted molar refractivity (Wildman–Crippen MR) is 128 cm³/mol. The summed E-state index contributed by atoms with van der Waals surface area (Å²) in [6.07, 6.45) is 13.2. The van der Waals surface area contributed by atoms with Gasteiger partial charge in [0.25, 0.3) is 0 Å². The summed E-state index contributed by atoms with van der Waals surface area (Å²) < 4.78 is 13.5. The summed E-state index contributed by atoms with van der Waals surface area (Å²) in [5, 5.41) is 0.150. The highest BCUT2D eigenvalue weighted by molar-refractivity contribution is 6.74. The van der Waals surface area contributed by atoms with Gasteiger partial charge in [-0.3, -0.25) is 4.79 Å². The summed E-state index contributed by atoms with van der Waals surface area (Å²) in [7, 11) is -3.68. The first kappa shape index (κ1) is 27.2. The third kappa shape index (κ3) is 9.16. The summed E-state index contributed by atoms with van der Waals surface area (Å²) in [6.45, 7) is 24.7. The first-order chi connectivity index (χ1) is 12.6. The predicted octanol–water partition coefficient (Wildman–Crippen LogP) is 6.90. The highest BCUT2D eigenvalue weighted by Crippen LogP contribution is 2.42. The molecule has 0 unspecified atom stereocenters. The third-order valence-corrected chi connectivity index (χ3v) is 10.9. The number of carbonyl (C=O) groups is 1. The van der Waals surface area contributed by atoms with Crippen molar-refractivity contribution in [1.29, 1.82) is 0 Å². The molecule has 0 bridgehead atoms. The van der Waals surface area contributed by atoms with Gasteiger partial charge < -0.3 is 8.85 Å². The number of hydrogen-bond acceptors (Lipinski definition) is 3. The van der Waals surface area contributed by atoms with Gasteiger partial charge in [-0.25, -0.2) is 0 Å². The SMILES string of the molecule is C/C=C/[C@H](O[Si](C)(C)C(C)(C)C)C(C)(C)[C@H](C/C=C\C=C\C=O)O[Si](C)(C)C. The first-order valence-electron chi connectivity index (χ1n) is 10.3. The van der Waals surface area contributed by atoms with Gasteiger partial charge in [0.2, 0.25) is 0 Å². The number of allylic oxidation sites excluding steroid dienone is 4. The van der Waals surface area contributed by atoms with Gasteiger partial charge in [0.15, 0.2) is 16.6 Å². The molecule has 162 valence electrons. The minimum Gasteiger partial charge on any atom is -0.414 e. The molecule has 0 saturated carbocycles. The maximum absolute atomic E-state index is 10.5. The maximum Gasteiger partial charge on any atom is 0.192 e. The van der Waals surface area contributed by atoms with E-state index in [1.54, 1.807) is 6.08 Å². The molecule has 0 radical (unpaired) electrons. The Morgan fingerprint density at radius 3 is 1.89 bits per heavy atom. The van der Waals surface area contributed by atoms with E-state index in [9.17, 15) is 4.79 Å². The van der Waals surface area contributed by atoms with Crippen LogP contribution in [0.4, 0.5) is 0 Å². The van der Waals surface area contributed by atoms with Crippen LogP contribution >= 0.6 is 0 Å². The van der Waals surface area contributed by atoms with Gasteiger partial charge in [0.1, 0.15) is 6.29 Å². The largest absolute Gasteiger partial charge is 0.414 e. The van der Waals surface area contributed by atoms with E-state index in [1.165, 1.54) is 6.08 Å². The second kappa shape index (κ2) is 10.9. The van der Waals surface area contributed by atoms with Crippen LogP contribution in [0.25, 0.3) is 0 Å². The van der Waals surface area contributed by atoms with Crippen molar-refractivity contribution in [3.05, 3.63) is 36.5 Å². The molecule has 0 amide bonds. The van der Waals surface area contributed by atoms with Crippen molar-refractivity contribution in [2.75, 3.05) is 0 Å². The van der Waals surface area contributed by atoms with Crippen LogP contribution in [0.1, 0.15) is 48.0 Å². The molecule has 28 heavy (non-hydrogen) atoms. The minimum atomic E-state index is -1.93. The zero-order chi connectivity index (χ0) is 22.2. The molecular weight excluding hydrogens is 380 g/mol. The van der Waals surface area contributed by atoms with E-state index in [-0.39, 0.29) is 22.7 Å². The lowest BCUT2D eigenvalue weighted by Crippen LogP contribution is -2.52. The molecule has 0 fully saturated rings. The summed E-state index contributed by atoms with van der Waals surface area (Å²) >= 11 is 0.